The van der Waals surface area contributed by atoms with Crippen molar-refractivity contribution in [2.45, 2.75) is 12.7 Å². The fourth-order valence-corrected chi connectivity index (χ4v) is 2.41. The predicted molar refractivity (Wildman–Crippen MR) is 60.4 cm³/mol. The molecule has 2 N–H and O–H groups in total. The second-order valence-electron chi connectivity index (χ2n) is 3.50. The third-order valence-electron chi connectivity index (χ3n) is 2.22. The molecule has 1 heterocycles. The van der Waals surface area contributed by atoms with Crippen LogP contribution in [0.2, 0.25) is 0 Å². The Kier molecular flexibility index (Phi) is 3.36. The largest absolute Gasteiger partial charge is 0.434 e. The van der Waals surface area contributed by atoms with Crippen molar-refractivity contribution in [3.8, 4) is 10.6 Å². The number of nitrogens with zero attached hydrogens (tertiary/aromatic N) is 1. The van der Waals surface area contributed by atoms with Gasteiger partial charge in [0.25, 0.3) is 0 Å². The van der Waals surface area contributed by atoms with Gasteiger partial charge in [-0.2, -0.15) is 13.2 Å². The lowest BCUT2D eigenvalue weighted by molar-refractivity contribution is -0.141. The van der Waals surface area contributed by atoms with E-state index in [1.165, 1.54) is 18.2 Å². The van der Waals surface area contributed by atoms with E-state index in [0.717, 1.165) is 17.4 Å². The maximum absolute atomic E-state index is 13.0. The molecule has 2 aromatic rings. The number of aromatic nitrogens is 1. The van der Waals surface area contributed by atoms with Gasteiger partial charge in [-0.25, -0.2) is 9.37 Å². The Morgan fingerprint density at radius 2 is 2.00 bits per heavy atom. The number of halogens is 4. The van der Waals surface area contributed by atoms with Gasteiger partial charge in [0, 0.05) is 12.1 Å². The zero-order valence-electron chi connectivity index (χ0n) is 8.96. The molecule has 0 atom stereocenters. The van der Waals surface area contributed by atoms with Crippen LogP contribution in [0, 0.1) is 5.82 Å². The molecule has 0 aliphatic carbocycles. The minimum atomic E-state index is -4.54. The van der Waals surface area contributed by atoms with Gasteiger partial charge in [-0.3, -0.25) is 0 Å². The summed E-state index contributed by atoms with van der Waals surface area (Å²) in [6, 6.07) is 5.27. The quantitative estimate of drug-likeness (QED) is 0.853. The summed E-state index contributed by atoms with van der Waals surface area (Å²) in [5, 5.41) is 0.113. The van der Waals surface area contributed by atoms with Gasteiger partial charge >= 0.3 is 6.18 Å². The van der Waals surface area contributed by atoms with E-state index in [1.54, 1.807) is 0 Å². The summed E-state index contributed by atoms with van der Waals surface area (Å²) in [7, 11) is 0. The molecule has 0 saturated carbocycles. The first kappa shape index (κ1) is 13.0. The van der Waals surface area contributed by atoms with E-state index in [0.29, 0.717) is 5.56 Å². The highest BCUT2D eigenvalue weighted by Gasteiger charge is 2.37. The summed E-state index contributed by atoms with van der Waals surface area (Å²) in [5.74, 6) is -0.523. The molecule has 2 nitrogen and oxygen atoms in total. The van der Waals surface area contributed by atoms with Crippen LogP contribution in [0.3, 0.4) is 0 Å². The summed E-state index contributed by atoms with van der Waals surface area (Å²) in [5.41, 5.74) is 4.58. The van der Waals surface area contributed by atoms with Crippen LogP contribution in [-0.2, 0) is 12.7 Å². The first-order valence-electron chi connectivity index (χ1n) is 4.94. The third kappa shape index (κ3) is 2.51. The zero-order chi connectivity index (χ0) is 13.3. The number of thiazole rings is 1. The highest BCUT2D eigenvalue weighted by molar-refractivity contribution is 7.15. The molecule has 0 saturated heterocycles. The van der Waals surface area contributed by atoms with Crippen molar-refractivity contribution in [1.82, 2.24) is 4.98 Å². The predicted octanol–water partition coefficient (Wildman–Crippen LogP) is 3.43. The number of rotatable bonds is 2. The second-order valence-corrected chi connectivity index (χ2v) is 4.59. The fraction of sp³-hybridized carbons (Fsp3) is 0.182. The number of alkyl halides is 3. The molecular formula is C11H8F4N2S. The molecule has 0 aliphatic rings. The van der Waals surface area contributed by atoms with E-state index < -0.39 is 17.7 Å². The van der Waals surface area contributed by atoms with E-state index in [4.69, 9.17) is 5.73 Å². The van der Waals surface area contributed by atoms with Gasteiger partial charge in [-0.1, -0.05) is 12.1 Å². The van der Waals surface area contributed by atoms with Crippen LogP contribution in [0.1, 0.15) is 10.6 Å². The van der Waals surface area contributed by atoms with Gasteiger partial charge < -0.3 is 5.73 Å². The maximum atomic E-state index is 13.0. The lowest BCUT2D eigenvalue weighted by atomic mass is 10.2. The Bertz CT molecular complexity index is 562. The van der Waals surface area contributed by atoms with E-state index in [9.17, 15) is 17.6 Å². The molecule has 18 heavy (non-hydrogen) atoms. The lowest BCUT2D eigenvalue weighted by Crippen LogP contribution is -2.10. The molecule has 0 aliphatic heterocycles. The van der Waals surface area contributed by atoms with Gasteiger partial charge in [-0.15, -0.1) is 11.3 Å². The number of benzene rings is 1. The van der Waals surface area contributed by atoms with Crippen molar-refractivity contribution in [2.24, 2.45) is 5.73 Å². The van der Waals surface area contributed by atoms with Crippen LogP contribution in [-0.4, -0.2) is 4.98 Å². The Labute approximate surface area is 104 Å². The minimum absolute atomic E-state index is 0.0539. The van der Waals surface area contributed by atoms with Crippen molar-refractivity contribution in [3.63, 3.8) is 0 Å². The summed E-state index contributed by atoms with van der Waals surface area (Å²) in [6.07, 6.45) is -4.54. The van der Waals surface area contributed by atoms with Gasteiger partial charge in [0.2, 0.25) is 0 Å². The van der Waals surface area contributed by atoms with Crippen LogP contribution in [0.4, 0.5) is 17.6 Å². The molecule has 1 aromatic heterocycles. The highest BCUT2D eigenvalue weighted by atomic mass is 32.1. The fourth-order valence-electron chi connectivity index (χ4n) is 1.46. The Balaban J connectivity index is 2.51. The summed E-state index contributed by atoms with van der Waals surface area (Å²) < 4.78 is 51.0. The molecule has 2 rings (SSSR count). The SMILES string of the molecule is NCc1sc(-c2cccc(F)c2)nc1C(F)(F)F. The Morgan fingerprint density at radius 3 is 2.50 bits per heavy atom. The van der Waals surface area contributed by atoms with E-state index in [2.05, 4.69) is 4.98 Å². The molecule has 0 spiro atoms. The molecular weight excluding hydrogens is 268 g/mol. The van der Waals surface area contributed by atoms with Crippen molar-refractivity contribution in [3.05, 3.63) is 40.7 Å². The van der Waals surface area contributed by atoms with Crippen LogP contribution in [0.5, 0.6) is 0 Å². The lowest BCUT2D eigenvalue weighted by Gasteiger charge is -2.03. The van der Waals surface area contributed by atoms with Gasteiger partial charge in [-0.05, 0) is 12.1 Å². The van der Waals surface area contributed by atoms with Crippen molar-refractivity contribution in [1.29, 1.82) is 0 Å². The molecule has 0 radical (unpaired) electrons. The smallest absolute Gasteiger partial charge is 0.326 e. The van der Waals surface area contributed by atoms with Crippen molar-refractivity contribution >= 4 is 11.3 Å². The first-order valence-corrected chi connectivity index (χ1v) is 5.76. The molecule has 1 aromatic carbocycles. The van der Waals surface area contributed by atoms with Gasteiger partial charge in [0.1, 0.15) is 10.8 Å². The topological polar surface area (TPSA) is 38.9 Å². The Morgan fingerprint density at radius 1 is 1.28 bits per heavy atom. The average molecular weight is 276 g/mol. The highest BCUT2D eigenvalue weighted by Crippen LogP contribution is 2.37. The molecule has 0 amide bonds. The standard InChI is InChI=1S/C11H8F4N2S/c12-7-3-1-2-6(4-7)10-17-9(11(13,14)15)8(5-16)18-10/h1-4H,5,16H2. The number of hydrogen-bond donors (Lipinski definition) is 1. The second kappa shape index (κ2) is 4.66. The van der Waals surface area contributed by atoms with Crippen molar-refractivity contribution in [2.75, 3.05) is 0 Å². The third-order valence-corrected chi connectivity index (χ3v) is 3.35. The Hall–Kier alpha value is -1.47. The van der Waals surface area contributed by atoms with Crippen molar-refractivity contribution < 1.29 is 17.6 Å². The van der Waals surface area contributed by atoms with E-state index in [1.807, 2.05) is 0 Å². The minimum Gasteiger partial charge on any atom is -0.326 e. The van der Waals surface area contributed by atoms with Crippen LogP contribution in [0.25, 0.3) is 10.6 Å². The average Bonchev–Trinajstić information content (AvgIpc) is 2.72. The normalized spacial score (nSPS) is 11.8. The molecule has 0 fully saturated rings. The molecule has 96 valence electrons. The maximum Gasteiger partial charge on any atom is 0.434 e. The molecule has 7 heteroatoms. The summed E-state index contributed by atoms with van der Waals surface area (Å²) in [4.78, 5) is 3.46. The van der Waals surface area contributed by atoms with Gasteiger partial charge in [0.15, 0.2) is 5.69 Å². The van der Waals surface area contributed by atoms with Gasteiger partial charge in [0.05, 0.1) is 4.88 Å². The monoisotopic (exact) mass is 276 g/mol. The first-order chi connectivity index (χ1) is 8.41. The van der Waals surface area contributed by atoms with E-state index >= 15 is 0 Å². The molecule has 0 unspecified atom stereocenters. The van der Waals surface area contributed by atoms with Crippen LogP contribution < -0.4 is 5.73 Å². The zero-order valence-corrected chi connectivity index (χ0v) is 9.78. The molecule has 0 bridgehead atoms. The van der Waals surface area contributed by atoms with E-state index in [-0.39, 0.29) is 16.4 Å². The number of hydrogen-bond acceptors (Lipinski definition) is 3. The van der Waals surface area contributed by atoms with Crippen LogP contribution in [0.15, 0.2) is 24.3 Å². The number of nitrogens with two attached hydrogens (primary N) is 1. The summed E-state index contributed by atoms with van der Waals surface area (Å²) in [6.45, 7) is -0.248. The van der Waals surface area contributed by atoms with Crippen LogP contribution >= 0.6 is 11.3 Å². The summed E-state index contributed by atoms with van der Waals surface area (Å²) >= 11 is 0.825.